The molecular formula is C26H22N8Re. The minimum atomic E-state index is 0. The fourth-order valence-corrected chi connectivity index (χ4v) is 4.32. The summed E-state index contributed by atoms with van der Waals surface area (Å²) in [5.74, 6) is 0. The molecule has 0 saturated heterocycles. The summed E-state index contributed by atoms with van der Waals surface area (Å²) in [5, 5.41) is 17.9. The summed E-state index contributed by atoms with van der Waals surface area (Å²) in [6.45, 7) is 0. The Balaban J connectivity index is 0.00000253. The van der Waals surface area contributed by atoms with E-state index in [1.54, 1.807) is 0 Å². The first-order valence-corrected chi connectivity index (χ1v) is 10.8. The van der Waals surface area contributed by atoms with Crippen molar-refractivity contribution < 1.29 is 20.4 Å². The summed E-state index contributed by atoms with van der Waals surface area (Å²) < 4.78 is 0. The number of anilines is 2. The van der Waals surface area contributed by atoms with Gasteiger partial charge in [-0.3, -0.25) is 10.8 Å². The molecule has 6 rings (SSSR count). The number of H-pyrrole nitrogens is 4. The summed E-state index contributed by atoms with van der Waals surface area (Å²) in [7, 11) is 0. The fraction of sp³-hybridized carbons (Fsp3) is 0. The van der Waals surface area contributed by atoms with Crippen LogP contribution in [0.4, 0.5) is 11.4 Å². The molecule has 5 heterocycles. The Labute approximate surface area is 212 Å². The Bertz CT molecular complexity index is 1940. The van der Waals surface area contributed by atoms with E-state index in [0.29, 0.717) is 44.3 Å². The van der Waals surface area contributed by atoms with Gasteiger partial charge in [-0.25, -0.2) is 0 Å². The summed E-state index contributed by atoms with van der Waals surface area (Å²) in [6.07, 6.45) is 0. The molecular weight excluding hydrogens is 611 g/mol. The van der Waals surface area contributed by atoms with E-state index in [4.69, 9.17) is 22.3 Å². The standard InChI is InChI=1S/C26H22N8.Re/c27-14-3-1-2-13(10-14)17-12-16-11-15-4-5-18(31-15)23(28)19-6-7-20(33-19)24(29)21-8-9-22(34-21)25(30)26(17)32-16;/h1-12,28-29,31-34H,27,30H2;. The predicted molar refractivity (Wildman–Crippen MR) is 137 cm³/mol. The summed E-state index contributed by atoms with van der Waals surface area (Å²) >= 11 is 0. The van der Waals surface area contributed by atoms with Crippen molar-refractivity contribution in [2.45, 2.75) is 0 Å². The second kappa shape index (κ2) is 8.47. The largest absolute Gasteiger partial charge is 0.399 e. The van der Waals surface area contributed by atoms with Crippen LogP contribution in [-0.4, -0.2) is 19.9 Å². The number of hydrogen-bond acceptors (Lipinski definition) is 4. The van der Waals surface area contributed by atoms with Gasteiger partial charge in [0.05, 0.1) is 38.8 Å². The molecule has 1 aromatic carbocycles. The van der Waals surface area contributed by atoms with Crippen LogP contribution >= 0.6 is 0 Å². The van der Waals surface area contributed by atoms with Crippen molar-refractivity contribution in [2.24, 2.45) is 0 Å². The number of rotatable bonds is 1. The van der Waals surface area contributed by atoms with Gasteiger partial charge in [-0.1, -0.05) is 12.1 Å². The molecule has 8 nitrogen and oxygen atoms in total. The zero-order chi connectivity index (χ0) is 23.4. The molecule has 10 N–H and O–H groups in total. The molecule has 0 aliphatic rings. The third kappa shape index (κ3) is 3.87. The average Bonchev–Trinajstić information content (AvgIpc) is 3.64. The SMILES string of the molecule is N=c1c2ccc(cc3cc(-c4cccc(N)c4)c([nH]3)c(N)c3ccc([nH]3)c(=N)c3ccc1[nH]3)[nH]2.[Re]. The maximum absolute atomic E-state index is 8.65. The van der Waals surface area contributed by atoms with Gasteiger partial charge in [0.25, 0.3) is 0 Å². The van der Waals surface area contributed by atoms with Gasteiger partial charge in [0.1, 0.15) is 10.7 Å². The van der Waals surface area contributed by atoms with Crippen LogP contribution in [0.5, 0.6) is 0 Å². The Morgan fingerprint density at radius 3 is 1.86 bits per heavy atom. The maximum atomic E-state index is 8.65. The molecule has 35 heavy (non-hydrogen) atoms. The molecule has 0 aliphatic heterocycles. The van der Waals surface area contributed by atoms with E-state index in [9.17, 15) is 0 Å². The minimum absolute atomic E-state index is 0. The Kier molecular flexibility index (Phi) is 5.44. The topological polar surface area (TPSA) is 163 Å². The Hall–Kier alpha value is -4.32. The molecule has 0 aliphatic carbocycles. The van der Waals surface area contributed by atoms with Gasteiger partial charge in [0.15, 0.2) is 0 Å². The van der Waals surface area contributed by atoms with Crippen LogP contribution in [0, 0.1) is 10.8 Å². The minimum Gasteiger partial charge on any atom is -0.399 e. The number of benzene rings is 1. The third-order valence-electron chi connectivity index (χ3n) is 6.06. The molecule has 0 fully saturated rings. The van der Waals surface area contributed by atoms with Gasteiger partial charge in [-0.2, -0.15) is 0 Å². The molecule has 9 heteroatoms. The third-order valence-corrected chi connectivity index (χ3v) is 6.06. The van der Waals surface area contributed by atoms with Gasteiger partial charge in [-0.05, 0) is 66.2 Å². The quantitative estimate of drug-likeness (QED) is 0.125. The van der Waals surface area contributed by atoms with Gasteiger partial charge >= 0.3 is 0 Å². The van der Waals surface area contributed by atoms with E-state index in [0.717, 1.165) is 27.7 Å². The molecule has 0 amide bonds. The summed E-state index contributed by atoms with van der Waals surface area (Å²) in [4.78, 5) is 13.2. The zero-order valence-corrected chi connectivity index (χ0v) is 21.2. The van der Waals surface area contributed by atoms with Crippen LogP contribution in [0.3, 0.4) is 0 Å². The number of nitrogens with one attached hydrogen (secondary N) is 6. The summed E-state index contributed by atoms with van der Waals surface area (Å²) in [5.41, 5.74) is 21.5. The van der Waals surface area contributed by atoms with E-state index < -0.39 is 0 Å². The molecule has 0 spiro atoms. The molecule has 5 aromatic heterocycles. The van der Waals surface area contributed by atoms with Crippen molar-refractivity contribution >= 4 is 55.5 Å². The van der Waals surface area contributed by atoms with Crippen LogP contribution in [0.2, 0.25) is 0 Å². The van der Waals surface area contributed by atoms with E-state index in [2.05, 4.69) is 19.9 Å². The van der Waals surface area contributed by atoms with Gasteiger partial charge in [-0.15, -0.1) is 0 Å². The summed E-state index contributed by atoms with van der Waals surface area (Å²) in [6, 6.07) is 22.8. The molecule has 0 atom stereocenters. The van der Waals surface area contributed by atoms with Crippen LogP contribution in [-0.2, 0) is 20.4 Å². The van der Waals surface area contributed by atoms with E-state index in [-0.39, 0.29) is 25.8 Å². The molecule has 1 radical (unpaired) electrons. The number of hydrogen-bond donors (Lipinski definition) is 8. The first-order valence-electron chi connectivity index (χ1n) is 10.8. The second-order valence-corrected chi connectivity index (χ2v) is 8.35. The van der Waals surface area contributed by atoms with Gasteiger partial charge in [0.2, 0.25) is 0 Å². The van der Waals surface area contributed by atoms with Crippen LogP contribution in [0.1, 0.15) is 0 Å². The van der Waals surface area contributed by atoms with Crippen molar-refractivity contribution in [3.63, 3.8) is 0 Å². The van der Waals surface area contributed by atoms with E-state index in [1.165, 1.54) is 0 Å². The molecule has 173 valence electrons. The monoisotopic (exact) mass is 633 g/mol. The first kappa shape index (κ1) is 22.5. The molecule has 0 unspecified atom stereocenters. The number of aromatic nitrogens is 4. The average molecular weight is 633 g/mol. The number of nitrogens with two attached hydrogens (primary N) is 2. The van der Waals surface area contributed by atoms with Crippen molar-refractivity contribution in [3.05, 3.63) is 83.5 Å². The number of aromatic amines is 4. The van der Waals surface area contributed by atoms with Crippen molar-refractivity contribution in [1.82, 2.24) is 19.9 Å². The smallest absolute Gasteiger partial charge is 0.101 e. The molecule has 8 bridgehead atoms. The molecule has 6 aromatic rings. The van der Waals surface area contributed by atoms with Gasteiger partial charge in [0, 0.05) is 42.7 Å². The predicted octanol–water partition coefficient (Wildman–Crippen LogP) is 4.52. The second-order valence-electron chi connectivity index (χ2n) is 8.35. The van der Waals surface area contributed by atoms with E-state index in [1.807, 2.05) is 72.8 Å². The zero-order valence-electron chi connectivity index (χ0n) is 18.5. The fourth-order valence-electron chi connectivity index (χ4n) is 4.32. The van der Waals surface area contributed by atoms with Crippen LogP contribution in [0.15, 0.2) is 72.8 Å². The van der Waals surface area contributed by atoms with Crippen molar-refractivity contribution in [3.8, 4) is 11.1 Å². The van der Waals surface area contributed by atoms with Crippen LogP contribution < -0.4 is 22.2 Å². The Morgan fingerprint density at radius 2 is 1.17 bits per heavy atom. The Morgan fingerprint density at radius 1 is 0.571 bits per heavy atom. The number of fused-ring (bicyclic) bond motifs is 8. The normalized spacial score (nSPS) is 11.1. The van der Waals surface area contributed by atoms with Crippen molar-refractivity contribution in [2.75, 3.05) is 11.5 Å². The van der Waals surface area contributed by atoms with Gasteiger partial charge < -0.3 is 31.4 Å². The number of nitrogen functional groups attached to an aromatic ring is 2. The van der Waals surface area contributed by atoms with Crippen molar-refractivity contribution in [1.29, 1.82) is 10.8 Å². The molecule has 0 saturated carbocycles. The maximum Gasteiger partial charge on any atom is 0.101 e. The van der Waals surface area contributed by atoms with Crippen LogP contribution in [0.25, 0.3) is 55.3 Å². The van der Waals surface area contributed by atoms with E-state index >= 15 is 0 Å². The first-order chi connectivity index (χ1) is 16.5.